The quantitative estimate of drug-likeness (QED) is 0.741. The fourth-order valence-electron chi connectivity index (χ4n) is 2.40. The molecule has 0 aliphatic carbocycles. The van der Waals surface area contributed by atoms with E-state index in [1.165, 1.54) is 14.0 Å². The van der Waals surface area contributed by atoms with Gasteiger partial charge in [0.15, 0.2) is 0 Å². The molecule has 0 saturated heterocycles. The number of methoxy groups -OCH3 is 1. The highest BCUT2D eigenvalue weighted by Crippen LogP contribution is 2.29. The second-order valence-electron chi connectivity index (χ2n) is 5.36. The molecular weight excluding hydrogens is 354 g/mol. The van der Waals surface area contributed by atoms with Crippen LogP contribution in [-0.4, -0.2) is 38.2 Å². The van der Waals surface area contributed by atoms with E-state index in [0.29, 0.717) is 11.3 Å². The Balaban J connectivity index is 2.39. The molecule has 2 aromatic rings. The maximum Gasteiger partial charge on any atom is 0.344 e. The van der Waals surface area contributed by atoms with Gasteiger partial charge in [-0.2, -0.15) is 0 Å². The van der Waals surface area contributed by atoms with Crippen LogP contribution in [0.1, 0.15) is 50.7 Å². The van der Waals surface area contributed by atoms with Crippen LogP contribution in [0.4, 0.5) is 5.88 Å². The minimum absolute atomic E-state index is 0.0691. The first-order valence-corrected chi connectivity index (χ1v) is 8.35. The summed E-state index contributed by atoms with van der Waals surface area (Å²) in [5, 5.41) is 2.51. The third-order valence-corrected chi connectivity index (χ3v) is 3.62. The van der Waals surface area contributed by atoms with Gasteiger partial charge in [-0.1, -0.05) is 0 Å². The van der Waals surface area contributed by atoms with Gasteiger partial charge in [-0.3, -0.25) is 10.1 Å². The molecule has 27 heavy (non-hydrogen) atoms. The van der Waals surface area contributed by atoms with E-state index in [4.69, 9.17) is 18.6 Å². The number of amides is 1. The summed E-state index contributed by atoms with van der Waals surface area (Å²) in [6, 6.07) is 6.36. The van der Waals surface area contributed by atoms with Gasteiger partial charge in [0.05, 0.1) is 20.3 Å². The number of ether oxygens (including phenoxy) is 3. The predicted octanol–water partition coefficient (Wildman–Crippen LogP) is 3.20. The van der Waals surface area contributed by atoms with Crippen molar-refractivity contribution in [2.75, 3.05) is 25.6 Å². The summed E-state index contributed by atoms with van der Waals surface area (Å²) >= 11 is 0. The molecular formula is C19H21NO7. The first kappa shape index (κ1) is 20.0. The number of furan rings is 1. The topological polar surface area (TPSA) is 104 Å². The normalized spacial score (nSPS) is 10.2. The molecule has 8 heteroatoms. The molecule has 1 heterocycles. The number of carbonyl (C=O) groups is 3. The van der Waals surface area contributed by atoms with Crippen LogP contribution in [0.3, 0.4) is 0 Å². The molecule has 0 saturated carbocycles. The molecule has 0 spiro atoms. The van der Waals surface area contributed by atoms with Crippen molar-refractivity contribution in [3.05, 3.63) is 46.7 Å². The molecule has 0 aliphatic heterocycles. The fourth-order valence-corrected chi connectivity index (χ4v) is 2.40. The van der Waals surface area contributed by atoms with E-state index in [9.17, 15) is 14.4 Å². The third kappa shape index (κ3) is 4.46. The van der Waals surface area contributed by atoms with E-state index >= 15 is 0 Å². The number of rotatable bonds is 7. The Bertz CT molecular complexity index is 836. The van der Waals surface area contributed by atoms with Gasteiger partial charge in [-0.25, -0.2) is 9.59 Å². The van der Waals surface area contributed by atoms with E-state index in [2.05, 4.69) is 5.32 Å². The number of hydrogen-bond donors (Lipinski definition) is 1. The van der Waals surface area contributed by atoms with Crippen LogP contribution >= 0.6 is 0 Å². The van der Waals surface area contributed by atoms with Crippen molar-refractivity contribution in [1.29, 1.82) is 0 Å². The fraction of sp³-hybridized carbons (Fsp3) is 0.316. The summed E-state index contributed by atoms with van der Waals surface area (Å²) < 4.78 is 20.5. The second-order valence-corrected chi connectivity index (χ2v) is 5.36. The van der Waals surface area contributed by atoms with Crippen molar-refractivity contribution in [2.24, 2.45) is 0 Å². The smallest absolute Gasteiger partial charge is 0.344 e. The Morgan fingerprint density at radius 1 is 0.963 bits per heavy atom. The molecule has 144 valence electrons. The molecule has 8 nitrogen and oxygen atoms in total. The van der Waals surface area contributed by atoms with Crippen LogP contribution in [0.25, 0.3) is 0 Å². The van der Waals surface area contributed by atoms with Gasteiger partial charge in [0.1, 0.15) is 22.6 Å². The predicted molar refractivity (Wildman–Crippen MR) is 96.3 cm³/mol. The van der Waals surface area contributed by atoms with Gasteiger partial charge >= 0.3 is 11.9 Å². The van der Waals surface area contributed by atoms with Crippen molar-refractivity contribution in [3.8, 4) is 5.75 Å². The van der Waals surface area contributed by atoms with Crippen LogP contribution < -0.4 is 10.1 Å². The van der Waals surface area contributed by atoms with Crippen molar-refractivity contribution < 1.29 is 33.0 Å². The first-order chi connectivity index (χ1) is 12.9. The maximum absolute atomic E-state index is 12.5. The molecule has 0 aliphatic rings. The zero-order valence-corrected chi connectivity index (χ0v) is 15.6. The number of benzene rings is 1. The van der Waals surface area contributed by atoms with Crippen LogP contribution in [0.15, 0.2) is 28.7 Å². The third-order valence-electron chi connectivity index (χ3n) is 3.62. The highest BCUT2D eigenvalue weighted by molar-refractivity contribution is 6.11. The zero-order chi connectivity index (χ0) is 20.0. The van der Waals surface area contributed by atoms with Crippen molar-refractivity contribution in [1.82, 2.24) is 0 Å². The van der Waals surface area contributed by atoms with Gasteiger partial charge < -0.3 is 18.6 Å². The van der Waals surface area contributed by atoms with Crippen molar-refractivity contribution in [2.45, 2.75) is 20.8 Å². The zero-order valence-electron chi connectivity index (χ0n) is 15.6. The van der Waals surface area contributed by atoms with Gasteiger partial charge in [-0.15, -0.1) is 0 Å². The van der Waals surface area contributed by atoms with E-state index in [1.54, 1.807) is 38.1 Å². The molecule has 1 N–H and O–H groups in total. The molecule has 0 atom stereocenters. The van der Waals surface area contributed by atoms with Gasteiger partial charge in [0, 0.05) is 5.56 Å². The van der Waals surface area contributed by atoms with E-state index in [0.717, 1.165) is 0 Å². The minimum Gasteiger partial charge on any atom is -0.497 e. The summed E-state index contributed by atoms with van der Waals surface area (Å²) in [7, 11) is 1.52. The monoisotopic (exact) mass is 375 g/mol. The van der Waals surface area contributed by atoms with E-state index in [1.807, 2.05) is 0 Å². The lowest BCUT2D eigenvalue weighted by Gasteiger charge is -2.07. The van der Waals surface area contributed by atoms with Crippen LogP contribution in [0.2, 0.25) is 0 Å². The Morgan fingerprint density at radius 2 is 1.52 bits per heavy atom. The first-order valence-electron chi connectivity index (χ1n) is 8.35. The van der Waals surface area contributed by atoms with Gasteiger partial charge in [0.2, 0.25) is 5.88 Å². The van der Waals surface area contributed by atoms with Crippen molar-refractivity contribution >= 4 is 23.7 Å². The standard InChI is InChI=1S/C19H21NO7/c1-5-25-18(22)14-11(3)27-17(15(14)19(23)26-6-2)20-16(21)12-7-9-13(24-4)10-8-12/h7-10H,5-6H2,1-4H3,(H,20,21). The average molecular weight is 375 g/mol. The molecule has 0 fully saturated rings. The SMILES string of the molecule is CCOC(=O)c1c(C)oc(NC(=O)c2ccc(OC)cc2)c1C(=O)OCC. The van der Waals surface area contributed by atoms with Crippen molar-refractivity contribution in [3.63, 3.8) is 0 Å². The highest BCUT2D eigenvalue weighted by atomic mass is 16.5. The number of nitrogens with one attached hydrogen (secondary N) is 1. The number of hydrogen-bond acceptors (Lipinski definition) is 7. The molecule has 0 unspecified atom stereocenters. The van der Waals surface area contributed by atoms with Crippen LogP contribution in [0, 0.1) is 6.92 Å². The lowest BCUT2D eigenvalue weighted by Crippen LogP contribution is -2.17. The molecule has 0 radical (unpaired) electrons. The van der Waals surface area contributed by atoms with E-state index in [-0.39, 0.29) is 36.0 Å². The number of esters is 2. The summed E-state index contributed by atoms with van der Waals surface area (Å²) in [5.41, 5.74) is 0.0762. The lowest BCUT2D eigenvalue weighted by molar-refractivity contribution is 0.0480. The molecule has 1 amide bonds. The maximum atomic E-state index is 12.5. The number of aryl methyl sites for hydroxylation is 1. The molecule has 0 bridgehead atoms. The Hall–Kier alpha value is -3.29. The van der Waals surface area contributed by atoms with Crippen LogP contribution in [-0.2, 0) is 9.47 Å². The Kier molecular flexibility index (Phi) is 6.59. The second kappa shape index (κ2) is 8.88. The lowest BCUT2D eigenvalue weighted by atomic mass is 10.1. The number of carbonyl (C=O) groups excluding carboxylic acids is 3. The summed E-state index contributed by atoms with van der Waals surface area (Å²) in [6.07, 6.45) is 0. The largest absolute Gasteiger partial charge is 0.497 e. The van der Waals surface area contributed by atoms with Gasteiger partial charge in [-0.05, 0) is 45.0 Å². The molecule has 2 rings (SSSR count). The summed E-state index contributed by atoms with van der Waals surface area (Å²) in [6.45, 7) is 4.99. The minimum atomic E-state index is -0.789. The van der Waals surface area contributed by atoms with Gasteiger partial charge in [0.25, 0.3) is 5.91 Å². The average Bonchev–Trinajstić information content (AvgIpc) is 2.98. The summed E-state index contributed by atoms with van der Waals surface area (Å²) in [5.74, 6) is -1.48. The summed E-state index contributed by atoms with van der Waals surface area (Å²) in [4.78, 5) is 37.1. The van der Waals surface area contributed by atoms with E-state index < -0.39 is 17.8 Å². The Morgan fingerprint density at radius 3 is 2.04 bits per heavy atom. The molecule has 1 aromatic carbocycles. The number of anilines is 1. The highest BCUT2D eigenvalue weighted by Gasteiger charge is 2.31. The molecule has 1 aromatic heterocycles. The van der Waals surface area contributed by atoms with Crippen LogP contribution in [0.5, 0.6) is 5.75 Å². The Labute approximate surface area is 156 Å².